The fraction of sp³-hybridized carbons (Fsp3) is 0.333. The molecule has 0 aliphatic carbocycles. The van der Waals surface area contributed by atoms with Crippen molar-refractivity contribution in [3.63, 3.8) is 0 Å². The number of nitrogens with zero attached hydrogens (tertiary/aromatic N) is 2. The van der Waals surface area contributed by atoms with Crippen LogP contribution in [0.3, 0.4) is 0 Å². The summed E-state index contributed by atoms with van der Waals surface area (Å²) in [5, 5.41) is 0.797. The van der Waals surface area contributed by atoms with Gasteiger partial charge in [-0.2, -0.15) is 0 Å². The summed E-state index contributed by atoms with van der Waals surface area (Å²) in [6, 6.07) is 6.06. The molecule has 0 atom stereocenters. The standard InChI is InChI=1S/C15H18N2O5S2/c1-11-16-10-14(23-11)15(18)22-9-8-21-12-4-6-13(7-5-12)24(19,20)17(2)3/h4-7,10H,8-9H2,1-3H3. The van der Waals surface area contributed by atoms with Crippen LogP contribution in [0, 0.1) is 6.92 Å². The van der Waals surface area contributed by atoms with E-state index in [1.165, 1.54) is 43.8 Å². The second-order valence-electron chi connectivity index (χ2n) is 4.99. The number of rotatable bonds is 7. The summed E-state index contributed by atoms with van der Waals surface area (Å²) in [7, 11) is -0.513. The Morgan fingerprint density at radius 3 is 2.42 bits per heavy atom. The second kappa shape index (κ2) is 7.73. The predicted molar refractivity (Wildman–Crippen MR) is 89.9 cm³/mol. The molecule has 1 heterocycles. The number of carbonyl (C=O) groups excluding carboxylic acids is 1. The molecule has 0 saturated carbocycles. The first-order valence-corrected chi connectivity index (χ1v) is 9.31. The van der Waals surface area contributed by atoms with E-state index in [-0.39, 0.29) is 18.1 Å². The maximum absolute atomic E-state index is 11.9. The third-order valence-electron chi connectivity index (χ3n) is 3.01. The van der Waals surface area contributed by atoms with E-state index in [2.05, 4.69) is 4.98 Å². The first kappa shape index (κ1) is 18.4. The summed E-state index contributed by atoms with van der Waals surface area (Å²) in [5.41, 5.74) is 0. The van der Waals surface area contributed by atoms with Crippen molar-refractivity contribution in [2.45, 2.75) is 11.8 Å². The van der Waals surface area contributed by atoms with Crippen LogP contribution in [-0.4, -0.2) is 51.0 Å². The van der Waals surface area contributed by atoms with Crippen molar-refractivity contribution in [3.8, 4) is 5.75 Å². The second-order valence-corrected chi connectivity index (χ2v) is 8.37. The topological polar surface area (TPSA) is 85.8 Å². The van der Waals surface area contributed by atoms with Gasteiger partial charge in [0.15, 0.2) is 0 Å². The maximum atomic E-state index is 11.9. The summed E-state index contributed by atoms with van der Waals surface area (Å²) in [6.45, 7) is 2.07. The zero-order valence-corrected chi connectivity index (χ0v) is 15.2. The van der Waals surface area contributed by atoms with Gasteiger partial charge >= 0.3 is 5.97 Å². The largest absolute Gasteiger partial charge is 0.490 e. The van der Waals surface area contributed by atoms with E-state index in [0.29, 0.717) is 10.6 Å². The molecular formula is C15H18N2O5S2. The summed E-state index contributed by atoms with van der Waals surface area (Å²) in [6.07, 6.45) is 1.48. The van der Waals surface area contributed by atoms with Crippen molar-refractivity contribution in [1.82, 2.24) is 9.29 Å². The van der Waals surface area contributed by atoms with E-state index in [0.717, 1.165) is 9.31 Å². The Morgan fingerprint density at radius 2 is 1.88 bits per heavy atom. The molecule has 1 aromatic carbocycles. The first-order valence-electron chi connectivity index (χ1n) is 7.05. The van der Waals surface area contributed by atoms with Crippen molar-refractivity contribution < 1.29 is 22.7 Å². The smallest absolute Gasteiger partial charge is 0.350 e. The number of benzene rings is 1. The Morgan fingerprint density at radius 1 is 1.21 bits per heavy atom. The third-order valence-corrected chi connectivity index (χ3v) is 5.73. The first-order chi connectivity index (χ1) is 11.3. The van der Waals surface area contributed by atoms with E-state index in [1.54, 1.807) is 12.1 Å². The van der Waals surface area contributed by atoms with Crippen LogP contribution in [0.5, 0.6) is 5.75 Å². The number of carbonyl (C=O) groups is 1. The summed E-state index contributed by atoms with van der Waals surface area (Å²) < 4.78 is 35.5. The van der Waals surface area contributed by atoms with Crippen LogP contribution in [0.15, 0.2) is 35.4 Å². The highest BCUT2D eigenvalue weighted by atomic mass is 32.2. The number of esters is 1. The summed E-state index contributed by atoms with van der Waals surface area (Å²) in [5.74, 6) is 0.0639. The quantitative estimate of drug-likeness (QED) is 0.547. The lowest BCUT2D eigenvalue weighted by Crippen LogP contribution is -2.22. The fourth-order valence-corrected chi connectivity index (χ4v) is 3.31. The van der Waals surface area contributed by atoms with Crippen LogP contribution in [0.1, 0.15) is 14.7 Å². The highest BCUT2D eigenvalue weighted by Gasteiger charge is 2.16. The molecule has 0 aliphatic heterocycles. The lowest BCUT2D eigenvalue weighted by molar-refractivity contribution is 0.0455. The molecule has 0 spiro atoms. The van der Waals surface area contributed by atoms with Gasteiger partial charge in [-0.25, -0.2) is 22.5 Å². The molecule has 0 saturated heterocycles. The van der Waals surface area contributed by atoms with Crippen LogP contribution in [0.4, 0.5) is 0 Å². The van der Waals surface area contributed by atoms with Gasteiger partial charge in [0.25, 0.3) is 0 Å². The minimum Gasteiger partial charge on any atom is -0.490 e. The molecule has 0 unspecified atom stereocenters. The van der Waals surface area contributed by atoms with E-state index in [1.807, 2.05) is 6.92 Å². The lowest BCUT2D eigenvalue weighted by atomic mass is 10.3. The van der Waals surface area contributed by atoms with Gasteiger partial charge in [0.2, 0.25) is 10.0 Å². The van der Waals surface area contributed by atoms with E-state index in [9.17, 15) is 13.2 Å². The molecule has 0 bridgehead atoms. The highest BCUT2D eigenvalue weighted by molar-refractivity contribution is 7.89. The molecule has 2 aromatic rings. The Kier molecular flexibility index (Phi) is 5.92. The number of hydrogen-bond donors (Lipinski definition) is 0. The predicted octanol–water partition coefficient (Wildman–Crippen LogP) is 1.94. The van der Waals surface area contributed by atoms with E-state index in [4.69, 9.17) is 9.47 Å². The lowest BCUT2D eigenvalue weighted by Gasteiger charge is -2.12. The number of thiazole rings is 1. The Bertz CT molecular complexity index is 798. The van der Waals surface area contributed by atoms with E-state index < -0.39 is 16.0 Å². The SMILES string of the molecule is Cc1ncc(C(=O)OCCOc2ccc(S(=O)(=O)N(C)C)cc2)s1. The number of aromatic nitrogens is 1. The minimum atomic E-state index is -3.46. The van der Waals surface area contributed by atoms with Gasteiger partial charge in [-0.05, 0) is 31.2 Å². The number of ether oxygens (including phenoxy) is 2. The number of aryl methyl sites for hydroxylation is 1. The molecule has 0 radical (unpaired) electrons. The van der Waals surface area contributed by atoms with Crippen molar-refractivity contribution in [1.29, 1.82) is 0 Å². The molecule has 2 rings (SSSR count). The number of hydrogen-bond acceptors (Lipinski definition) is 7. The normalized spacial score (nSPS) is 11.5. The molecular weight excluding hydrogens is 352 g/mol. The van der Waals surface area contributed by atoms with Gasteiger partial charge < -0.3 is 9.47 Å². The molecule has 0 amide bonds. The Balaban J connectivity index is 1.82. The van der Waals surface area contributed by atoms with Crippen molar-refractivity contribution in [2.24, 2.45) is 0 Å². The monoisotopic (exact) mass is 370 g/mol. The van der Waals surface area contributed by atoms with Crippen molar-refractivity contribution in [2.75, 3.05) is 27.3 Å². The minimum absolute atomic E-state index is 0.0908. The Labute approximate surface area is 144 Å². The molecule has 0 fully saturated rings. The maximum Gasteiger partial charge on any atom is 0.350 e. The molecule has 0 aliphatic rings. The van der Waals surface area contributed by atoms with Crippen LogP contribution < -0.4 is 4.74 Å². The van der Waals surface area contributed by atoms with Crippen LogP contribution in [-0.2, 0) is 14.8 Å². The average Bonchev–Trinajstić information content (AvgIpc) is 2.98. The van der Waals surface area contributed by atoms with Gasteiger partial charge in [-0.3, -0.25) is 0 Å². The van der Waals surface area contributed by atoms with Crippen molar-refractivity contribution in [3.05, 3.63) is 40.3 Å². The molecule has 1 aromatic heterocycles. The highest BCUT2D eigenvalue weighted by Crippen LogP contribution is 2.18. The number of sulfonamides is 1. The summed E-state index contributed by atoms with van der Waals surface area (Å²) >= 11 is 1.27. The van der Waals surface area contributed by atoms with Gasteiger partial charge in [0.05, 0.1) is 16.1 Å². The third kappa shape index (κ3) is 4.53. The molecule has 7 nitrogen and oxygen atoms in total. The fourth-order valence-electron chi connectivity index (χ4n) is 1.74. The van der Waals surface area contributed by atoms with Crippen LogP contribution >= 0.6 is 11.3 Å². The van der Waals surface area contributed by atoms with Crippen LogP contribution in [0.2, 0.25) is 0 Å². The molecule has 130 valence electrons. The average molecular weight is 370 g/mol. The zero-order valence-electron chi connectivity index (χ0n) is 13.6. The molecule has 24 heavy (non-hydrogen) atoms. The van der Waals surface area contributed by atoms with E-state index >= 15 is 0 Å². The van der Waals surface area contributed by atoms with Gasteiger partial charge in [-0.1, -0.05) is 0 Å². The zero-order chi connectivity index (χ0) is 17.7. The van der Waals surface area contributed by atoms with Gasteiger partial charge in [0, 0.05) is 14.1 Å². The Hall–Kier alpha value is -1.97. The molecule has 0 N–H and O–H groups in total. The van der Waals surface area contributed by atoms with Gasteiger partial charge in [-0.15, -0.1) is 11.3 Å². The van der Waals surface area contributed by atoms with Crippen LogP contribution in [0.25, 0.3) is 0 Å². The van der Waals surface area contributed by atoms with Crippen molar-refractivity contribution >= 4 is 27.3 Å². The summed E-state index contributed by atoms with van der Waals surface area (Å²) in [4.78, 5) is 16.3. The molecule has 9 heteroatoms. The van der Waals surface area contributed by atoms with Gasteiger partial charge in [0.1, 0.15) is 23.8 Å².